The Labute approximate surface area is 154 Å². The van der Waals surface area contributed by atoms with Gasteiger partial charge in [0.15, 0.2) is 11.9 Å². The molecule has 0 aliphatic heterocycles. The average Bonchev–Trinajstić information content (AvgIpc) is 2.62. The van der Waals surface area contributed by atoms with Crippen LogP contribution in [0.3, 0.4) is 0 Å². The molecule has 0 bridgehead atoms. The van der Waals surface area contributed by atoms with Crippen molar-refractivity contribution in [2.45, 2.75) is 104 Å². The van der Waals surface area contributed by atoms with Crippen molar-refractivity contribution in [2.75, 3.05) is 0 Å². The zero-order chi connectivity index (χ0) is 18.6. The molecule has 146 valence electrons. The molecule has 0 aliphatic carbocycles. The number of nitrogens with zero attached hydrogens (tertiary/aromatic N) is 1. The fourth-order valence-corrected chi connectivity index (χ4v) is 3.11. The lowest BCUT2D eigenvalue weighted by Gasteiger charge is -2.05. The summed E-state index contributed by atoms with van der Waals surface area (Å²) in [6.45, 7) is 5.78. The summed E-state index contributed by atoms with van der Waals surface area (Å²) in [6.07, 6.45) is 20.2. The highest BCUT2D eigenvalue weighted by atomic mass is 17.4. The Bertz CT molecular complexity index is 350. The van der Waals surface area contributed by atoms with Gasteiger partial charge in [-0.3, -0.25) is 0 Å². The Balaban J connectivity index is 0.00000178. The second-order valence-corrected chi connectivity index (χ2v) is 6.75. The van der Waals surface area contributed by atoms with Crippen LogP contribution in [-0.2, 0) is 18.0 Å². The summed E-state index contributed by atoms with van der Waals surface area (Å²) in [6, 6.07) is 6.70. The molecule has 0 aromatic carbocycles. The molecular formula is C21H40NO3+. The molecule has 0 saturated heterocycles. The summed E-state index contributed by atoms with van der Waals surface area (Å²) < 4.78 is 2.49. The molecule has 0 fully saturated rings. The molecule has 4 heteroatoms. The lowest BCUT2D eigenvalue weighted by Crippen LogP contribution is -2.37. The van der Waals surface area contributed by atoms with Crippen molar-refractivity contribution in [1.29, 1.82) is 0 Å². The fourth-order valence-electron chi connectivity index (χ4n) is 3.11. The first-order valence-electron chi connectivity index (χ1n) is 10.2. The van der Waals surface area contributed by atoms with Crippen LogP contribution in [0.2, 0.25) is 0 Å². The van der Waals surface area contributed by atoms with Gasteiger partial charge < -0.3 is 0 Å². The molecule has 0 spiro atoms. The van der Waals surface area contributed by atoms with E-state index in [1.807, 2.05) is 0 Å². The number of pyridine rings is 1. The molecular weight excluding hydrogens is 314 g/mol. The zero-order valence-corrected chi connectivity index (χ0v) is 16.5. The van der Waals surface area contributed by atoms with Crippen LogP contribution in [-0.4, -0.2) is 10.5 Å². The molecule has 1 rings (SSSR count). The van der Waals surface area contributed by atoms with E-state index in [4.69, 9.17) is 10.5 Å². The quantitative estimate of drug-likeness (QED) is 0.181. The van der Waals surface area contributed by atoms with Gasteiger partial charge in [0.25, 0.3) is 0 Å². The zero-order valence-electron chi connectivity index (χ0n) is 16.5. The molecule has 0 unspecified atom stereocenters. The molecule has 0 atom stereocenters. The van der Waals surface area contributed by atoms with Gasteiger partial charge in [-0.1, -0.05) is 82.7 Å². The van der Waals surface area contributed by atoms with Crippen LogP contribution in [0.4, 0.5) is 0 Å². The Kier molecular flexibility index (Phi) is 18.6. The maximum Gasteiger partial charge on any atom is 0.181 e. The predicted molar refractivity (Wildman–Crippen MR) is 103 cm³/mol. The number of rotatable bonds is 14. The predicted octanol–water partition coefficient (Wildman–Crippen LogP) is 6.19. The van der Waals surface area contributed by atoms with Crippen molar-refractivity contribution in [1.82, 2.24) is 0 Å². The van der Waals surface area contributed by atoms with E-state index in [9.17, 15) is 0 Å². The molecule has 0 saturated carbocycles. The Morgan fingerprint density at radius 2 is 1.28 bits per heavy atom. The minimum atomic E-state index is 1.21. The van der Waals surface area contributed by atoms with Crippen LogP contribution in [0, 0.1) is 0 Å². The normalized spacial score (nSPS) is 10.4. The minimum Gasteiger partial charge on any atom is -0.221 e. The van der Waals surface area contributed by atoms with Crippen LogP contribution < -0.4 is 4.57 Å². The summed E-state index contributed by atoms with van der Waals surface area (Å²) in [4.78, 5) is 0. The van der Waals surface area contributed by atoms with E-state index in [2.05, 4.69) is 47.8 Å². The maximum absolute atomic E-state index is 6.62. The first kappa shape index (κ1) is 24.0. The fraction of sp³-hybridized carbons (Fsp3) is 0.762. The van der Waals surface area contributed by atoms with Gasteiger partial charge in [-0.2, -0.15) is 0 Å². The molecule has 2 N–H and O–H groups in total. The Morgan fingerprint density at radius 3 is 1.88 bits per heavy atom. The molecule has 1 heterocycles. The summed E-state index contributed by atoms with van der Waals surface area (Å²) in [5.74, 6) is 0. The SMILES string of the molecule is CCCCCCCCc1cccc[n+]1CCCCCCCC.OOO. The second kappa shape index (κ2) is 19.4. The van der Waals surface area contributed by atoms with Gasteiger partial charge in [0, 0.05) is 25.0 Å². The molecule has 0 aliphatic rings. The summed E-state index contributed by atoms with van der Waals surface area (Å²) in [5.41, 5.74) is 1.53. The van der Waals surface area contributed by atoms with Crippen LogP contribution in [0.15, 0.2) is 24.4 Å². The molecule has 4 nitrogen and oxygen atoms in total. The summed E-state index contributed by atoms with van der Waals surface area (Å²) in [7, 11) is 0. The molecule has 25 heavy (non-hydrogen) atoms. The summed E-state index contributed by atoms with van der Waals surface area (Å²) >= 11 is 0. The monoisotopic (exact) mass is 354 g/mol. The topological polar surface area (TPSA) is 53.6 Å². The lowest BCUT2D eigenvalue weighted by atomic mass is 10.1. The van der Waals surface area contributed by atoms with Gasteiger partial charge in [-0.25, -0.2) is 15.1 Å². The third kappa shape index (κ3) is 15.0. The van der Waals surface area contributed by atoms with Crippen molar-refractivity contribution in [3.05, 3.63) is 30.1 Å². The van der Waals surface area contributed by atoms with Crippen LogP contribution in [0.1, 0.15) is 96.6 Å². The van der Waals surface area contributed by atoms with Crippen molar-refractivity contribution >= 4 is 0 Å². The number of hydrogen-bond donors (Lipinski definition) is 2. The van der Waals surface area contributed by atoms with Crippen molar-refractivity contribution in [2.24, 2.45) is 0 Å². The number of hydrogen-bond acceptors (Lipinski definition) is 3. The van der Waals surface area contributed by atoms with Crippen molar-refractivity contribution in [3.63, 3.8) is 0 Å². The third-order valence-electron chi connectivity index (χ3n) is 4.57. The van der Waals surface area contributed by atoms with E-state index in [1.165, 1.54) is 95.7 Å². The van der Waals surface area contributed by atoms with Crippen LogP contribution >= 0.6 is 0 Å². The van der Waals surface area contributed by atoms with Crippen molar-refractivity contribution in [3.8, 4) is 0 Å². The van der Waals surface area contributed by atoms with E-state index in [1.54, 1.807) is 0 Å². The highest BCUT2D eigenvalue weighted by molar-refractivity contribution is 4.97. The largest absolute Gasteiger partial charge is 0.221 e. The van der Waals surface area contributed by atoms with E-state index in [0.717, 1.165) is 0 Å². The van der Waals surface area contributed by atoms with Gasteiger partial charge in [0.1, 0.15) is 6.54 Å². The Hall–Kier alpha value is -0.970. The summed E-state index contributed by atoms with van der Waals surface area (Å²) in [5, 5.41) is 15.5. The highest BCUT2D eigenvalue weighted by Crippen LogP contribution is 2.09. The van der Waals surface area contributed by atoms with Crippen molar-refractivity contribution < 1.29 is 20.1 Å². The number of aromatic nitrogens is 1. The molecule has 1 aromatic rings. The number of unbranched alkanes of at least 4 members (excludes halogenated alkanes) is 10. The Morgan fingerprint density at radius 1 is 0.760 bits per heavy atom. The number of aryl methyl sites for hydroxylation is 2. The molecule has 0 radical (unpaired) electrons. The lowest BCUT2D eigenvalue weighted by molar-refractivity contribution is -0.704. The molecule has 1 aromatic heterocycles. The molecule has 0 amide bonds. The van der Waals surface area contributed by atoms with E-state index >= 15 is 0 Å². The van der Waals surface area contributed by atoms with E-state index in [-0.39, 0.29) is 0 Å². The van der Waals surface area contributed by atoms with Gasteiger partial charge in [-0.15, -0.1) is 0 Å². The standard InChI is InChI=1S/C21H38N.H2O3/c1-3-5-7-9-11-13-17-21-18-14-16-20-22(21)19-15-12-10-8-6-4-2;1-3-2/h14,16,18,20H,3-13,15,17,19H2,1-2H3;1-2H/q+1;. The van der Waals surface area contributed by atoms with Gasteiger partial charge in [0.2, 0.25) is 0 Å². The smallest absolute Gasteiger partial charge is 0.181 e. The minimum absolute atomic E-state index is 1.21. The van der Waals surface area contributed by atoms with Gasteiger partial charge >= 0.3 is 0 Å². The highest BCUT2D eigenvalue weighted by Gasteiger charge is 2.08. The first-order chi connectivity index (χ1) is 12.3. The van der Waals surface area contributed by atoms with E-state index in [0.29, 0.717) is 0 Å². The first-order valence-corrected chi connectivity index (χ1v) is 10.2. The van der Waals surface area contributed by atoms with E-state index < -0.39 is 0 Å². The van der Waals surface area contributed by atoms with Gasteiger partial charge in [-0.05, 0) is 12.8 Å². The third-order valence-corrected chi connectivity index (χ3v) is 4.57. The average molecular weight is 355 g/mol. The van der Waals surface area contributed by atoms with Crippen LogP contribution in [0.5, 0.6) is 0 Å². The second-order valence-electron chi connectivity index (χ2n) is 6.75. The maximum atomic E-state index is 6.62. The van der Waals surface area contributed by atoms with Crippen LogP contribution in [0.25, 0.3) is 0 Å². The van der Waals surface area contributed by atoms with Gasteiger partial charge in [0.05, 0.1) is 0 Å².